The molecule has 0 fully saturated rings. The number of aryl methyl sites for hydroxylation is 1. The van der Waals surface area contributed by atoms with Crippen LogP contribution in [-0.2, 0) is 59.7 Å². The summed E-state index contributed by atoms with van der Waals surface area (Å²) in [5, 5.41) is 0. The molecule has 258 valence electrons. The van der Waals surface area contributed by atoms with E-state index in [0.29, 0.717) is 5.41 Å². The number of halogens is 2. The molecule has 0 N–H and O–H groups in total. The van der Waals surface area contributed by atoms with E-state index in [1.165, 1.54) is 55.6 Å². The first kappa shape index (κ1) is 42.7. The van der Waals surface area contributed by atoms with Crippen LogP contribution in [0.15, 0.2) is 109 Å². The van der Waals surface area contributed by atoms with Gasteiger partial charge in [0.1, 0.15) is 0 Å². The first-order chi connectivity index (χ1) is 22.0. The third-order valence-electron chi connectivity index (χ3n) is 8.82. The van der Waals surface area contributed by atoms with Crippen molar-refractivity contribution in [2.24, 2.45) is 0 Å². The van der Waals surface area contributed by atoms with Crippen molar-refractivity contribution in [3.8, 4) is 11.1 Å². The van der Waals surface area contributed by atoms with Crippen LogP contribution in [0.5, 0.6) is 0 Å². The molecule has 0 atom stereocenters. The zero-order chi connectivity index (χ0) is 34.4. The van der Waals surface area contributed by atoms with E-state index in [4.69, 9.17) is 0 Å². The molecule has 1 aliphatic carbocycles. The fraction of sp³-hybridized carbons (Fsp3) is 0.348. The van der Waals surface area contributed by atoms with E-state index in [1.54, 1.807) is 27.4 Å². The Kier molecular flexibility index (Phi) is 15.8. The number of hydrogen-bond donors (Lipinski definition) is 0. The maximum atomic E-state index is 3.53. The first-order valence-corrected chi connectivity index (χ1v) is 18.3. The molecule has 1 aliphatic rings. The summed E-state index contributed by atoms with van der Waals surface area (Å²) in [4.78, 5) is 0. The monoisotopic (exact) mass is 766 g/mol. The van der Waals surface area contributed by atoms with Crippen LogP contribution < -0.4 is 24.8 Å². The van der Waals surface area contributed by atoms with Crippen molar-refractivity contribution in [1.82, 2.24) is 0 Å². The third kappa shape index (κ3) is 12.7. The number of hydrogen-bond acceptors (Lipinski definition) is 0. The molecule has 0 unspecified atom stereocenters. The number of benzene rings is 4. The molecule has 0 heterocycles. The van der Waals surface area contributed by atoms with E-state index in [2.05, 4.69) is 184 Å². The molecule has 6 rings (SSSR count). The fourth-order valence-electron chi connectivity index (χ4n) is 5.76. The number of rotatable bonds is 4. The Hall–Kier alpha value is -2.44. The standard InChI is InChI=1S/C21H25.C15H14.C10H15.2ClH.Zr/c1-20(2,3)16-9-7-14-11-15-8-10-17(21(4,5)6)13-19(15)18(14)12-16;1-3-8-14(9-4-1)12-7-13-15-10-5-2-6-11-15;1-8-5-6-9(7-8)10(2,3)4;;;/h7,9-10,12-13H,11H2,1-6H3;1-6,8-11H,12-13H2;5-7H,1-4H3;2*1H;/q-1;;-1;;;+2/p-2. The second-order valence-corrected chi connectivity index (χ2v) is 17.9. The van der Waals surface area contributed by atoms with E-state index in [0.717, 1.165) is 19.3 Å². The van der Waals surface area contributed by atoms with Crippen LogP contribution in [0.2, 0.25) is 0 Å². The van der Waals surface area contributed by atoms with Crippen LogP contribution in [-0.4, -0.2) is 3.21 Å². The van der Waals surface area contributed by atoms with Gasteiger partial charge in [-0.2, -0.15) is 52.6 Å². The van der Waals surface area contributed by atoms with Crippen LogP contribution in [0.25, 0.3) is 11.1 Å². The molecule has 0 spiro atoms. The van der Waals surface area contributed by atoms with Crippen LogP contribution >= 0.6 is 0 Å². The van der Waals surface area contributed by atoms with Crippen LogP contribution in [0.3, 0.4) is 0 Å². The van der Waals surface area contributed by atoms with Gasteiger partial charge in [0.2, 0.25) is 0 Å². The van der Waals surface area contributed by atoms with Gasteiger partial charge in [0.05, 0.1) is 0 Å². The summed E-state index contributed by atoms with van der Waals surface area (Å²) >= 11 is 1.55. The summed E-state index contributed by atoms with van der Waals surface area (Å²) < 4.78 is 1.60. The Morgan fingerprint density at radius 3 is 1.55 bits per heavy atom. The van der Waals surface area contributed by atoms with Crippen molar-refractivity contribution in [2.45, 2.75) is 105 Å². The van der Waals surface area contributed by atoms with Crippen molar-refractivity contribution in [3.05, 3.63) is 160 Å². The molecule has 0 aliphatic heterocycles. The number of fused-ring (bicyclic) bond motifs is 3. The van der Waals surface area contributed by atoms with Gasteiger partial charge < -0.3 is 24.8 Å². The average Bonchev–Trinajstić information content (AvgIpc) is 3.61. The zero-order valence-electron chi connectivity index (χ0n) is 31.3. The molecule has 0 saturated carbocycles. The van der Waals surface area contributed by atoms with E-state index in [-0.39, 0.29) is 35.6 Å². The van der Waals surface area contributed by atoms with Crippen molar-refractivity contribution in [3.63, 3.8) is 0 Å². The second kappa shape index (κ2) is 18.2. The Labute approximate surface area is 325 Å². The summed E-state index contributed by atoms with van der Waals surface area (Å²) in [5.41, 5.74) is 14.7. The maximum absolute atomic E-state index is 3.53. The zero-order valence-corrected chi connectivity index (χ0v) is 35.2. The van der Waals surface area contributed by atoms with E-state index in [9.17, 15) is 0 Å². The molecule has 49 heavy (non-hydrogen) atoms. The Bertz CT molecular complexity index is 1650. The van der Waals surface area contributed by atoms with Crippen molar-refractivity contribution < 1.29 is 49.0 Å². The SMILES string of the molecule is CC(C)(C)c1c[c-]c2c(c1)-c1cc(C(C)(C)C)ccc1C2.Cc1cc(C(C)(C)C)c[cH-]1.[Cl-].[Cl-].[Zr+2]=[C](Cc1ccccc1)Cc1ccccc1. The van der Waals surface area contributed by atoms with Gasteiger partial charge in [-0.05, 0) is 17.4 Å². The fourth-order valence-corrected chi connectivity index (χ4v) is 6.76. The molecule has 5 aromatic carbocycles. The molecule has 0 nitrogen and oxygen atoms in total. The average molecular weight is 769 g/mol. The van der Waals surface area contributed by atoms with Gasteiger partial charge in [-0.1, -0.05) is 109 Å². The quantitative estimate of drug-likeness (QED) is 0.197. The minimum absolute atomic E-state index is 0. The van der Waals surface area contributed by atoms with Crippen LogP contribution in [0.4, 0.5) is 0 Å². The summed E-state index contributed by atoms with van der Waals surface area (Å²) in [6, 6.07) is 43.1. The van der Waals surface area contributed by atoms with Gasteiger partial charge in [-0.3, -0.25) is 0 Å². The first-order valence-electron chi connectivity index (χ1n) is 17.1. The molecule has 3 heteroatoms. The molecule has 0 amide bonds. The Morgan fingerprint density at radius 1 is 0.633 bits per heavy atom. The molecule has 0 radical (unpaired) electrons. The minimum atomic E-state index is 0. The predicted octanol–water partition coefficient (Wildman–Crippen LogP) is 5.86. The molecule has 0 saturated heterocycles. The van der Waals surface area contributed by atoms with Gasteiger partial charge in [-0.15, -0.1) is 5.56 Å². The van der Waals surface area contributed by atoms with E-state index < -0.39 is 0 Å². The molecular formula is C46H54Cl2Zr-2. The van der Waals surface area contributed by atoms with Crippen molar-refractivity contribution in [2.75, 3.05) is 0 Å². The van der Waals surface area contributed by atoms with Gasteiger partial charge in [0.15, 0.2) is 0 Å². The van der Waals surface area contributed by atoms with Gasteiger partial charge in [0, 0.05) is 0 Å². The third-order valence-corrected chi connectivity index (χ3v) is 9.69. The van der Waals surface area contributed by atoms with Gasteiger partial charge >= 0.3 is 112 Å². The predicted molar refractivity (Wildman–Crippen MR) is 202 cm³/mol. The van der Waals surface area contributed by atoms with Gasteiger partial charge in [-0.25, -0.2) is 6.07 Å². The van der Waals surface area contributed by atoms with E-state index in [1.807, 2.05) is 0 Å². The van der Waals surface area contributed by atoms with Crippen molar-refractivity contribution in [1.29, 1.82) is 0 Å². The van der Waals surface area contributed by atoms with E-state index >= 15 is 0 Å². The summed E-state index contributed by atoms with van der Waals surface area (Å²) in [7, 11) is 0. The Morgan fingerprint density at radius 2 is 1.12 bits per heavy atom. The molecule has 0 aromatic heterocycles. The summed E-state index contributed by atoms with van der Waals surface area (Å²) in [5.74, 6) is 0. The molecular weight excluding hydrogens is 715 g/mol. The second-order valence-electron chi connectivity index (χ2n) is 16.2. The normalized spacial score (nSPS) is 11.8. The summed E-state index contributed by atoms with van der Waals surface area (Å²) in [6.45, 7) is 22.5. The Balaban J connectivity index is 0.000000265. The molecule has 0 bridgehead atoms. The van der Waals surface area contributed by atoms with Crippen LogP contribution in [0.1, 0.15) is 107 Å². The van der Waals surface area contributed by atoms with Crippen LogP contribution in [0, 0.1) is 13.0 Å². The van der Waals surface area contributed by atoms with Gasteiger partial charge in [0.25, 0.3) is 0 Å². The summed E-state index contributed by atoms with van der Waals surface area (Å²) in [6.07, 6.45) is 3.27. The van der Waals surface area contributed by atoms with Crippen molar-refractivity contribution >= 4 is 3.21 Å². The molecule has 5 aromatic rings. The topological polar surface area (TPSA) is 0 Å².